The average molecular weight is 375 g/mol. The van der Waals surface area contributed by atoms with E-state index in [0.717, 1.165) is 0 Å². The van der Waals surface area contributed by atoms with Crippen LogP contribution in [0.3, 0.4) is 0 Å². The molecular weight excluding hydrogens is 358 g/mol. The minimum atomic E-state index is -0.331. The first kappa shape index (κ1) is 17.3. The number of pyridine rings is 1. The van der Waals surface area contributed by atoms with Gasteiger partial charge in [0.25, 0.3) is 5.91 Å². The van der Waals surface area contributed by atoms with Crippen LogP contribution in [0.15, 0.2) is 65.6 Å². The predicted molar refractivity (Wildman–Crippen MR) is 107 cm³/mol. The smallest absolute Gasteiger partial charge is 0.323 e. The van der Waals surface area contributed by atoms with E-state index in [1.165, 1.54) is 0 Å². The Morgan fingerprint density at radius 2 is 1.86 bits per heavy atom. The third-order valence-corrected chi connectivity index (χ3v) is 4.19. The molecule has 2 aromatic carbocycles. The number of hydrogen-bond acceptors (Lipinski definition) is 5. The van der Waals surface area contributed by atoms with Gasteiger partial charge in [-0.3, -0.25) is 4.79 Å². The molecule has 0 unspecified atom stereocenters. The zero-order chi connectivity index (χ0) is 19.5. The van der Waals surface area contributed by atoms with Crippen molar-refractivity contribution in [1.82, 2.24) is 15.0 Å². The van der Waals surface area contributed by atoms with Crippen molar-refractivity contribution in [3.63, 3.8) is 0 Å². The van der Waals surface area contributed by atoms with Gasteiger partial charge < -0.3 is 25.3 Å². The van der Waals surface area contributed by atoms with E-state index in [4.69, 9.17) is 4.74 Å². The summed E-state index contributed by atoms with van der Waals surface area (Å²) in [6.45, 7) is 0. The van der Waals surface area contributed by atoms with Gasteiger partial charge in [-0.2, -0.15) is 0 Å². The highest BCUT2D eigenvalue weighted by Crippen LogP contribution is 2.28. The number of aromatic nitrogens is 3. The molecule has 4 N–H and O–H groups in total. The third kappa shape index (κ3) is 3.43. The van der Waals surface area contributed by atoms with Crippen LogP contribution in [-0.4, -0.2) is 28.0 Å². The number of ether oxygens (including phenoxy) is 1. The van der Waals surface area contributed by atoms with Crippen molar-refractivity contribution in [3.8, 4) is 5.75 Å². The maximum absolute atomic E-state index is 12.8. The first-order valence-corrected chi connectivity index (χ1v) is 8.52. The summed E-state index contributed by atoms with van der Waals surface area (Å²) in [5, 5.41) is 5.97. The molecule has 0 spiro atoms. The van der Waals surface area contributed by atoms with E-state index >= 15 is 0 Å². The Bertz CT molecular complexity index is 1210. The summed E-state index contributed by atoms with van der Waals surface area (Å²) in [6.07, 6.45) is 1.60. The summed E-state index contributed by atoms with van der Waals surface area (Å²) >= 11 is 0. The van der Waals surface area contributed by atoms with Gasteiger partial charge in [0.15, 0.2) is 0 Å². The second-order valence-electron chi connectivity index (χ2n) is 6.02. The first-order valence-electron chi connectivity index (χ1n) is 8.52. The molecule has 4 rings (SSSR count). The Hall–Kier alpha value is -4.07. The number of fused-ring (bicyclic) bond motifs is 1. The number of aromatic amines is 2. The summed E-state index contributed by atoms with van der Waals surface area (Å²) in [6, 6.07) is 15.9. The topological polar surface area (TPSA) is 112 Å². The molecule has 0 aliphatic heterocycles. The minimum Gasteiger partial charge on any atom is -0.495 e. The number of benzene rings is 2. The van der Waals surface area contributed by atoms with E-state index in [9.17, 15) is 9.59 Å². The van der Waals surface area contributed by atoms with Crippen molar-refractivity contribution in [2.75, 3.05) is 17.7 Å². The molecule has 0 aliphatic carbocycles. The predicted octanol–water partition coefficient (Wildman–Crippen LogP) is 3.26. The van der Waals surface area contributed by atoms with Crippen molar-refractivity contribution in [3.05, 3.63) is 76.8 Å². The van der Waals surface area contributed by atoms with Gasteiger partial charge in [0.05, 0.1) is 29.4 Å². The molecule has 0 aliphatic rings. The molecule has 2 aromatic heterocycles. The molecule has 0 atom stereocenters. The molecular formula is C20H17N5O3. The Morgan fingerprint density at radius 1 is 1.04 bits per heavy atom. The number of carbonyl (C=O) groups excluding carboxylic acids is 1. The average Bonchev–Trinajstić information content (AvgIpc) is 3.08. The number of anilines is 3. The minimum absolute atomic E-state index is 0.297. The summed E-state index contributed by atoms with van der Waals surface area (Å²) in [4.78, 5) is 33.8. The van der Waals surface area contributed by atoms with Gasteiger partial charge in [0.1, 0.15) is 11.6 Å². The number of amides is 1. The van der Waals surface area contributed by atoms with Crippen LogP contribution in [-0.2, 0) is 0 Å². The van der Waals surface area contributed by atoms with Gasteiger partial charge in [-0.15, -0.1) is 0 Å². The highest BCUT2D eigenvalue weighted by molar-refractivity contribution is 6.08. The first-order chi connectivity index (χ1) is 13.6. The molecule has 2 heterocycles. The summed E-state index contributed by atoms with van der Waals surface area (Å²) < 4.78 is 5.33. The summed E-state index contributed by atoms with van der Waals surface area (Å²) in [7, 11) is 1.58. The van der Waals surface area contributed by atoms with Gasteiger partial charge in [0, 0.05) is 11.9 Å². The molecule has 8 heteroatoms. The molecule has 0 fully saturated rings. The van der Waals surface area contributed by atoms with Crippen molar-refractivity contribution in [1.29, 1.82) is 0 Å². The van der Waals surface area contributed by atoms with Crippen molar-refractivity contribution < 1.29 is 9.53 Å². The Morgan fingerprint density at radius 3 is 2.71 bits per heavy atom. The van der Waals surface area contributed by atoms with Crippen LogP contribution < -0.4 is 21.1 Å². The van der Waals surface area contributed by atoms with E-state index < -0.39 is 0 Å². The number of imidazole rings is 1. The number of H-pyrrole nitrogens is 2. The summed E-state index contributed by atoms with van der Waals surface area (Å²) in [5.41, 5.74) is 2.61. The number of nitrogens with zero attached hydrogens (tertiary/aromatic N) is 1. The normalized spacial score (nSPS) is 10.6. The van der Waals surface area contributed by atoms with Gasteiger partial charge in [-0.05, 0) is 42.5 Å². The largest absolute Gasteiger partial charge is 0.495 e. The third-order valence-electron chi connectivity index (χ3n) is 4.19. The fraction of sp³-hybridized carbons (Fsp3) is 0.0500. The fourth-order valence-corrected chi connectivity index (χ4v) is 2.87. The molecule has 0 saturated carbocycles. The molecule has 28 heavy (non-hydrogen) atoms. The van der Waals surface area contributed by atoms with Crippen molar-refractivity contribution in [2.45, 2.75) is 0 Å². The highest BCUT2D eigenvalue weighted by Gasteiger charge is 2.14. The lowest BCUT2D eigenvalue weighted by molar-refractivity contribution is 0.102. The zero-order valence-electron chi connectivity index (χ0n) is 14.9. The number of hydrogen-bond donors (Lipinski definition) is 4. The second kappa shape index (κ2) is 7.28. The van der Waals surface area contributed by atoms with E-state index in [1.807, 2.05) is 24.3 Å². The number of carbonyl (C=O) groups is 1. The van der Waals surface area contributed by atoms with Crippen LogP contribution in [0.2, 0.25) is 0 Å². The van der Waals surface area contributed by atoms with Crippen LogP contribution in [0.5, 0.6) is 5.75 Å². The Kier molecular flexibility index (Phi) is 4.51. The lowest BCUT2D eigenvalue weighted by Gasteiger charge is -2.13. The Balaban J connectivity index is 1.61. The lowest BCUT2D eigenvalue weighted by atomic mass is 10.2. The highest BCUT2D eigenvalue weighted by atomic mass is 16.5. The molecule has 0 radical (unpaired) electrons. The van der Waals surface area contributed by atoms with E-state index in [0.29, 0.717) is 39.5 Å². The molecule has 0 bridgehead atoms. The lowest BCUT2D eigenvalue weighted by Crippen LogP contribution is -2.14. The number of methoxy groups -OCH3 is 1. The zero-order valence-corrected chi connectivity index (χ0v) is 14.9. The molecule has 140 valence electrons. The van der Waals surface area contributed by atoms with Gasteiger partial charge in [0.2, 0.25) is 0 Å². The van der Waals surface area contributed by atoms with Crippen LogP contribution in [0, 0.1) is 0 Å². The van der Waals surface area contributed by atoms with Crippen LogP contribution in [0.25, 0.3) is 11.0 Å². The number of rotatable bonds is 5. The maximum atomic E-state index is 12.8. The maximum Gasteiger partial charge on any atom is 0.323 e. The van der Waals surface area contributed by atoms with Crippen LogP contribution >= 0.6 is 0 Å². The van der Waals surface area contributed by atoms with Crippen molar-refractivity contribution in [2.24, 2.45) is 0 Å². The van der Waals surface area contributed by atoms with Crippen LogP contribution in [0.4, 0.5) is 17.2 Å². The fourth-order valence-electron chi connectivity index (χ4n) is 2.87. The molecule has 8 nitrogen and oxygen atoms in total. The quantitative estimate of drug-likeness (QED) is 0.428. The van der Waals surface area contributed by atoms with E-state index in [2.05, 4.69) is 25.6 Å². The summed E-state index contributed by atoms with van der Waals surface area (Å²) in [5.74, 6) is 0.713. The molecule has 4 aromatic rings. The molecule has 0 saturated heterocycles. The SMILES string of the molecule is COc1ccccc1Nc1ncccc1C(=O)Nc1ccc2[nH]c(=O)[nH]c2c1. The van der Waals surface area contributed by atoms with Gasteiger partial charge in [-0.1, -0.05) is 12.1 Å². The monoisotopic (exact) mass is 375 g/mol. The van der Waals surface area contributed by atoms with Crippen LogP contribution in [0.1, 0.15) is 10.4 Å². The van der Waals surface area contributed by atoms with Gasteiger partial charge >= 0.3 is 5.69 Å². The number of nitrogens with one attached hydrogen (secondary N) is 4. The van der Waals surface area contributed by atoms with Gasteiger partial charge in [-0.25, -0.2) is 9.78 Å². The van der Waals surface area contributed by atoms with Crippen molar-refractivity contribution >= 4 is 34.1 Å². The molecule has 1 amide bonds. The standard InChI is InChI=1S/C20H17N5O3/c1-28-17-7-3-2-6-15(17)23-18-13(5-4-10-21-18)19(26)22-12-8-9-14-16(11-12)25-20(27)24-14/h2-11H,1H3,(H,21,23)(H,22,26)(H2,24,25,27). The van der Waals surface area contributed by atoms with E-state index in [1.54, 1.807) is 43.6 Å². The Labute approximate surface area is 159 Å². The number of para-hydroxylation sites is 2. The second-order valence-corrected chi connectivity index (χ2v) is 6.02. The van der Waals surface area contributed by atoms with E-state index in [-0.39, 0.29) is 11.6 Å².